The van der Waals surface area contributed by atoms with Crippen LogP contribution in [-0.4, -0.2) is 27.4 Å². The first-order valence-electron chi connectivity index (χ1n) is 7.07. The maximum absolute atomic E-state index is 12.1. The Hall–Kier alpha value is -1.36. The Kier molecular flexibility index (Phi) is 4.96. The van der Waals surface area contributed by atoms with E-state index in [1.165, 1.54) is 0 Å². The molecule has 5 heteroatoms. The molecule has 0 bridgehead atoms. The largest absolute Gasteiger partial charge is 0.470 e. The van der Waals surface area contributed by atoms with Gasteiger partial charge in [0, 0.05) is 25.5 Å². The summed E-state index contributed by atoms with van der Waals surface area (Å²) in [5.74, 6) is 0.601. The third-order valence-corrected chi connectivity index (χ3v) is 3.68. The summed E-state index contributed by atoms with van der Waals surface area (Å²) in [6.45, 7) is 2.97. The lowest BCUT2D eigenvalue weighted by molar-refractivity contribution is 0.0986. The molecule has 2 rings (SSSR count). The average molecular weight is 266 g/mol. The van der Waals surface area contributed by atoms with Gasteiger partial charge in [0.05, 0.1) is 0 Å². The lowest BCUT2D eigenvalue weighted by atomic mass is 9.88. The summed E-state index contributed by atoms with van der Waals surface area (Å²) in [6.07, 6.45) is 7.96. The monoisotopic (exact) mass is 266 g/mol. The topological polar surface area (TPSA) is 64.3 Å². The molecule has 0 aliphatic heterocycles. The van der Waals surface area contributed by atoms with E-state index in [0.29, 0.717) is 12.5 Å². The molecule has 1 aromatic rings. The van der Waals surface area contributed by atoms with Crippen molar-refractivity contribution >= 4 is 0 Å². The Morgan fingerprint density at radius 2 is 2.16 bits per heavy atom. The van der Waals surface area contributed by atoms with Crippen LogP contribution in [0.5, 0.6) is 5.88 Å². The Balaban J connectivity index is 2.00. The SMILES string of the molecule is CCCn1ccnc(OC2CCC(CO)CC2)c1=O. The number of aromatic nitrogens is 2. The Bertz CT molecular complexity index is 450. The highest BCUT2D eigenvalue weighted by molar-refractivity contribution is 5.05. The maximum atomic E-state index is 12.1. The number of aryl methyl sites for hydroxylation is 1. The predicted octanol–water partition coefficient (Wildman–Crippen LogP) is 1.58. The first-order valence-corrected chi connectivity index (χ1v) is 7.07. The minimum absolute atomic E-state index is 0.0560. The smallest absolute Gasteiger partial charge is 0.313 e. The van der Waals surface area contributed by atoms with Crippen LogP contribution < -0.4 is 10.3 Å². The van der Waals surface area contributed by atoms with Crippen molar-refractivity contribution in [2.24, 2.45) is 5.92 Å². The fourth-order valence-electron chi connectivity index (χ4n) is 2.52. The van der Waals surface area contributed by atoms with Crippen molar-refractivity contribution in [1.82, 2.24) is 9.55 Å². The zero-order valence-electron chi connectivity index (χ0n) is 11.4. The third kappa shape index (κ3) is 3.56. The standard InChI is InChI=1S/C14H22N2O3/c1-2-8-16-9-7-15-13(14(16)18)19-12-5-3-11(10-17)4-6-12/h7,9,11-12,17H,2-6,8,10H2,1H3. The highest BCUT2D eigenvalue weighted by atomic mass is 16.5. The molecule has 1 heterocycles. The molecule has 0 amide bonds. The van der Waals surface area contributed by atoms with Gasteiger partial charge in [-0.15, -0.1) is 0 Å². The van der Waals surface area contributed by atoms with Gasteiger partial charge < -0.3 is 14.4 Å². The molecular weight excluding hydrogens is 244 g/mol. The number of hydrogen-bond donors (Lipinski definition) is 1. The second kappa shape index (κ2) is 6.70. The maximum Gasteiger partial charge on any atom is 0.313 e. The van der Waals surface area contributed by atoms with Crippen LogP contribution in [0.2, 0.25) is 0 Å². The number of aliphatic hydroxyl groups excluding tert-OH is 1. The Labute approximate surface area is 113 Å². The molecular formula is C14H22N2O3. The zero-order chi connectivity index (χ0) is 13.7. The van der Waals surface area contributed by atoms with Crippen molar-refractivity contribution in [3.63, 3.8) is 0 Å². The van der Waals surface area contributed by atoms with Crippen molar-refractivity contribution in [2.45, 2.75) is 51.7 Å². The van der Waals surface area contributed by atoms with E-state index in [-0.39, 0.29) is 24.2 Å². The molecule has 0 spiro atoms. The molecule has 106 valence electrons. The Morgan fingerprint density at radius 3 is 2.79 bits per heavy atom. The predicted molar refractivity (Wildman–Crippen MR) is 72.2 cm³/mol. The Morgan fingerprint density at radius 1 is 1.42 bits per heavy atom. The molecule has 0 radical (unpaired) electrons. The molecule has 1 fully saturated rings. The van der Waals surface area contributed by atoms with Crippen LogP contribution in [0.3, 0.4) is 0 Å². The molecule has 1 N–H and O–H groups in total. The summed E-state index contributed by atoms with van der Waals surface area (Å²) in [5.41, 5.74) is -0.145. The summed E-state index contributed by atoms with van der Waals surface area (Å²) in [5, 5.41) is 9.10. The summed E-state index contributed by atoms with van der Waals surface area (Å²) < 4.78 is 7.38. The van der Waals surface area contributed by atoms with E-state index < -0.39 is 0 Å². The number of nitrogens with zero attached hydrogens (tertiary/aromatic N) is 2. The summed E-state index contributed by atoms with van der Waals surface area (Å²) in [7, 11) is 0. The normalized spacial score (nSPS) is 23.3. The third-order valence-electron chi connectivity index (χ3n) is 3.68. The van der Waals surface area contributed by atoms with Gasteiger partial charge >= 0.3 is 5.56 Å². The zero-order valence-corrected chi connectivity index (χ0v) is 11.4. The van der Waals surface area contributed by atoms with Crippen LogP contribution >= 0.6 is 0 Å². The van der Waals surface area contributed by atoms with E-state index in [9.17, 15) is 4.79 Å². The molecule has 0 unspecified atom stereocenters. The first kappa shape index (κ1) is 14.1. The van der Waals surface area contributed by atoms with Crippen LogP contribution in [0.25, 0.3) is 0 Å². The lowest BCUT2D eigenvalue weighted by Gasteiger charge is -2.27. The van der Waals surface area contributed by atoms with Gasteiger partial charge in [-0.2, -0.15) is 0 Å². The van der Waals surface area contributed by atoms with Crippen molar-refractivity contribution in [3.8, 4) is 5.88 Å². The fraction of sp³-hybridized carbons (Fsp3) is 0.714. The number of hydrogen-bond acceptors (Lipinski definition) is 4. The number of rotatable bonds is 5. The lowest BCUT2D eigenvalue weighted by Crippen LogP contribution is -2.30. The number of ether oxygens (including phenoxy) is 1. The van der Waals surface area contributed by atoms with E-state index in [1.807, 2.05) is 6.92 Å². The van der Waals surface area contributed by atoms with Crippen molar-refractivity contribution in [3.05, 3.63) is 22.7 Å². The molecule has 1 aromatic heterocycles. The molecule has 1 aliphatic rings. The van der Waals surface area contributed by atoms with Crippen LogP contribution in [0, 0.1) is 5.92 Å². The van der Waals surface area contributed by atoms with Crippen LogP contribution in [0.4, 0.5) is 0 Å². The van der Waals surface area contributed by atoms with Gasteiger partial charge in [-0.05, 0) is 38.0 Å². The minimum atomic E-state index is -0.145. The van der Waals surface area contributed by atoms with Gasteiger partial charge in [-0.1, -0.05) is 6.92 Å². The molecule has 5 nitrogen and oxygen atoms in total. The highest BCUT2D eigenvalue weighted by Crippen LogP contribution is 2.25. The van der Waals surface area contributed by atoms with Crippen molar-refractivity contribution < 1.29 is 9.84 Å². The van der Waals surface area contributed by atoms with Gasteiger partial charge in [-0.25, -0.2) is 4.98 Å². The van der Waals surface area contributed by atoms with Crippen LogP contribution in [0.15, 0.2) is 17.2 Å². The number of aliphatic hydroxyl groups is 1. The fourth-order valence-corrected chi connectivity index (χ4v) is 2.52. The van der Waals surface area contributed by atoms with Gasteiger partial charge in [-0.3, -0.25) is 4.79 Å². The minimum Gasteiger partial charge on any atom is -0.470 e. The first-order chi connectivity index (χ1) is 9.24. The van der Waals surface area contributed by atoms with E-state index in [4.69, 9.17) is 9.84 Å². The average Bonchev–Trinajstić information content (AvgIpc) is 2.44. The van der Waals surface area contributed by atoms with Gasteiger partial charge in [0.2, 0.25) is 0 Å². The van der Waals surface area contributed by atoms with Crippen molar-refractivity contribution in [1.29, 1.82) is 0 Å². The second-order valence-corrected chi connectivity index (χ2v) is 5.17. The van der Waals surface area contributed by atoms with E-state index >= 15 is 0 Å². The van der Waals surface area contributed by atoms with Crippen LogP contribution in [-0.2, 0) is 6.54 Å². The van der Waals surface area contributed by atoms with Gasteiger partial charge in [0.1, 0.15) is 6.10 Å². The second-order valence-electron chi connectivity index (χ2n) is 5.17. The van der Waals surface area contributed by atoms with Crippen molar-refractivity contribution in [2.75, 3.05) is 6.61 Å². The molecule has 0 atom stereocenters. The summed E-state index contributed by atoms with van der Waals surface area (Å²) >= 11 is 0. The molecule has 1 aliphatic carbocycles. The molecule has 0 aromatic carbocycles. The van der Waals surface area contributed by atoms with E-state index in [0.717, 1.165) is 32.1 Å². The molecule has 19 heavy (non-hydrogen) atoms. The van der Waals surface area contributed by atoms with E-state index in [1.54, 1.807) is 17.0 Å². The van der Waals surface area contributed by atoms with Crippen LogP contribution in [0.1, 0.15) is 39.0 Å². The molecule has 1 saturated carbocycles. The molecule has 0 saturated heterocycles. The quantitative estimate of drug-likeness (QED) is 0.879. The van der Waals surface area contributed by atoms with Gasteiger partial charge in [0.15, 0.2) is 0 Å². The van der Waals surface area contributed by atoms with E-state index in [2.05, 4.69) is 4.98 Å². The van der Waals surface area contributed by atoms with Gasteiger partial charge in [0.25, 0.3) is 5.88 Å². The highest BCUT2D eigenvalue weighted by Gasteiger charge is 2.23. The summed E-state index contributed by atoms with van der Waals surface area (Å²) in [6, 6.07) is 0. The summed E-state index contributed by atoms with van der Waals surface area (Å²) in [4.78, 5) is 16.1.